The Balaban J connectivity index is 1.57. The van der Waals surface area contributed by atoms with Crippen LogP contribution in [0.25, 0.3) is 0 Å². The third kappa shape index (κ3) is 3.78. The summed E-state index contributed by atoms with van der Waals surface area (Å²) in [6.45, 7) is 17.5. The van der Waals surface area contributed by atoms with Crippen LogP contribution < -0.4 is 0 Å². The van der Waals surface area contributed by atoms with Crippen molar-refractivity contribution in [1.29, 1.82) is 0 Å². The molecule has 0 aromatic rings. The van der Waals surface area contributed by atoms with Crippen molar-refractivity contribution in [3.05, 3.63) is 11.6 Å². The fourth-order valence-electron chi connectivity index (χ4n) is 11.2. The van der Waals surface area contributed by atoms with E-state index < -0.39 is 5.41 Å². The van der Waals surface area contributed by atoms with E-state index in [2.05, 4.69) is 41.5 Å². The first-order valence-corrected chi connectivity index (χ1v) is 15.3. The van der Waals surface area contributed by atoms with Crippen LogP contribution in [-0.2, 0) is 19.1 Å². The molecule has 218 valence electrons. The molecule has 9 atom stereocenters. The summed E-state index contributed by atoms with van der Waals surface area (Å²) in [6.07, 6.45) is 10.1. The van der Waals surface area contributed by atoms with Gasteiger partial charge < -0.3 is 4.74 Å². The molecule has 4 saturated carbocycles. The molecule has 0 aromatic carbocycles. The van der Waals surface area contributed by atoms with Crippen molar-refractivity contribution < 1.29 is 24.3 Å². The number of hydrogen-bond donors (Lipinski definition) is 1. The number of fused-ring (bicyclic) bond motifs is 7. The summed E-state index contributed by atoms with van der Waals surface area (Å²) in [7, 11) is 1.43. The van der Waals surface area contributed by atoms with Crippen molar-refractivity contribution in [2.75, 3.05) is 7.05 Å². The zero-order valence-corrected chi connectivity index (χ0v) is 25.8. The summed E-state index contributed by atoms with van der Waals surface area (Å²) in [5.41, 5.74) is 0.0629. The molecule has 0 bridgehead atoms. The number of esters is 1. The number of nitrogens with zero attached hydrogens (tertiary/aromatic N) is 1. The number of allylic oxidation sites excluding steroid dienone is 2. The molecule has 39 heavy (non-hydrogen) atoms. The van der Waals surface area contributed by atoms with E-state index in [4.69, 9.17) is 4.74 Å². The van der Waals surface area contributed by atoms with Crippen LogP contribution in [0.1, 0.15) is 113 Å². The molecule has 0 aromatic heterocycles. The molecule has 1 amide bonds. The topological polar surface area (TPSA) is 83.9 Å². The van der Waals surface area contributed by atoms with Crippen molar-refractivity contribution in [3.8, 4) is 0 Å². The summed E-state index contributed by atoms with van der Waals surface area (Å²) in [6, 6.07) is 0. The summed E-state index contributed by atoms with van der Waals surface area (Å²) >= 11 is 0. The second kappa shape index (κ2) is 8.66. The molecular weight excluding hydrogens is 490 g/mol. The van der Waals surface area contributed by atoms with Crippen molar-refractivity contribution in [2.45, 2.75) is 119 Å². The Morgan fingerprint density at radius 3 is 2.21 bits per heavy atom. The Hall–Kier alpha value is -1.69. The highest BCUT2D eigenvalue weighted by atomic mass is 16.5. The fourth-order valence-corrected chi connectivity index (χ4v) is 11.2. The molecule has 1 unspecified atom stereocenters. The molecule has 6 nitrogen and oxygen atoms in total. The number of carbonyl (C=O) groups excluding carboxylic acids is 3. The van der Waals surface area contributed by atoms with Gasteiger partial charge in [0.25, 0.3) is 5.91 Å². The van der Waals surface area contributed by atoms with Crippen LogP contribution in [0.15, 0.2) is 11.6 Å². The van der Waals surface area contributed by atoms with E-state index in [1.165, 1.54) is 19.5 Å². The zero-order chi connectivity index (χ0) is 29.0. The molecule has 6 heteroatoms. The molecule has 0 heterocycles. The summed E-state index contributed by atoms with van der Waals surface area (Å²) in [5, 5.41) is 10.8. The molecule has 0 spiro atoms. The van der Waals surface area contributed by atoms with Gasteiger partial charge in [-0.15, -0.1) is 0 Å². The molecule has 0 radical (unpaired) electrons. The minimum absolute atomic E-state index is 0.0633. The van der Waals surface area contributed by atoms with Gasteiger partial charge >= 0.3 is 5.97 Å². The Morgan fingerprint density at radius 1 is 0.949 bits per heavy atom. The molecule has 4 fully saturated rings. The fraction of sp³-hybridized carbons (Fsp3) is 0.848. The zero-order valence-electron chi connectivity index (χ0n) is 25.8. The molecule has 5 aliphatic carbocycles. The van der Waals surface area contributed by atoms with Crippen molar-refractivity contribution >= 4 is 17.7 Å². The summed E-state index contributed by atoms with van der Waals surface area (Å²) < 4.78 is 5.84. The average Bonchev–Trinajstić information content (AvgIpc) is 2.82. The van der Waals surface area contributed by atoms with E-state index in [1.807, 2.05) is 13.0 Å². The van der Waals surface area contributed by atoms with Gasteiger partial charge in [-0.25, -0.2) is 5.06 Å². The van der Waals surface area contributed by atoms with Crippen LogP contribution in [-0.4, -0.2) is 41.1 Å². The smallest absolute Gasteiger partial charge is 0.302 e. The van der Waals surface area contributed by atoms with Gasteiger partial charge in [0.2, 0.25) is 0 Å². The van der Waals surface area contributed by atoms with E-state index in [0.717, 1.165) is 56.4 Å². The second-order valence-corrected chi connectivity index (χ2v) is 16.0. The number of ether oxygens (including phenoxy) is 1. The van der Waals surface area contributed by atoms with Crippen LogP contribution in [0.4, 0.5) is 0 Å². The Morgan fingerprint density at radius 2 is 1.59 bits per heavy atom. The van der Waals surface area contributed by atoms with Crippen molar-refractivity contribution in [2.24, 2.45) is 50.2 Å². The molecule has 0 aliphatic heterocycles. The van der Waals surface area contributed by atoms with Crippen LogP contribution in [0, 0.1) is 50.2 Å². The van der Waals surface area contributed by atoms with Gasteiger partial charge in [-0.3, -0.25) is 19.6 Å². The lowest BCUT2D eigenvalue weighted by Crippen LogP contribution is -2.66. The number of amides is 1. The number of ketones is 1. The van der Waals surface area contributed by atoms with Gasteiger partial charge in [-0.1, -0.05) is 54.0 Å². The average molecular weight is 542 g/mol. The molecular formula is C33H51NO5. The predicted octanol–water partition coefficient (Wildman–Crippen LogP) is 6.75. The lowest BCUT2D eigenvalue weighted by molar-refractivity contribution is -0.210. The van der Waals surface area contributed by atoms with Gasteiger partial charge in [0.05, 0.1) is 0 Å². The third-order valence-electron chi connectivity index (χ3n) is 13.6. The monoisotopic (exact) mass is 541 g/mol. The summed E-state index contributed by atoms with van der Waals surface area (Å²) in [4.78, 5) is 39.5. The second-order valence-electron chi connectivity index (χ2n) is 16.0. The number of carbonyl (C=O) groups is 3. The van der Waals surface area contributed by atoms with Crippen LogP contribution in [0.3, 0.4) is 0 Å². The third-order valence-corrected chi connectivity index (χ3v) is 13.6. The van der Waals surface area contributed by atoms with E-state index >= 15 is 0 Å². The SMILES string of the molecule is CC(=O)O[C@@H]1CC[C@@]2(C)C(CC[C@]3(C)[C@@H]2C(=O)C=C2[C@@H]4C[C@@](C)(C(=O)N(C)O)CC[C@]4(C)CC[C@]23C)C1(C)C. The quantitative estimate of drug-likeness (QED) is 0.238. The minimum Gasteiger partial charge on any atom is -0.462 e. The largest absolute Gasteiger partial charge is 0.462 e. The number of rotatable bonds is 2. The predicted molar refractivity (Wildman–Crippen MR) is 150 cm³/mol. The lowest BCUT2D eigenvalue weighted by Gasteiger charge is -2.70. The normalized spacial score (nSPS) is 48.5. The van der Waals surface area contributed by atoms with E-state index in [9.17, 15) is 19.6 Å². The van der Waals surface area contributed by atoms with Gasteiger partial charge in [0.15, 0.2) is 5.78 Å². The maximum absolute atomic E-state index is 14.5. The highest BCUT2D eigenvalue weighted by Crippen LogP contribution is 2.75. The number of hydroxylamine groups is 2. The maximum Gasteiger partial charge on any atom is 0.302 e. The molecule has 0 saturated heterocycles. The van der Waals surface area contributed by atoms with Crippen molar-refractivity contribution in [1.82, 2.24) is 5.06 Å². The van der Waals surface area contributed by atoms with Gasteiger partial charge in [-0.2, -0.15) is 0 Å². The van der Waals surface area contributed by atoms with E-state index in [1.54, 1.807) is 0 Å². The Bertz CT molecular complexity index is 1130. The molecule has 5 rings (SSSR count). The van der Waals surface area contributed by atoms with Crippen LogP contribution in [0.2, 0.25) is 0 Å². The molecule has 1 N–H and O–H groups in total. The maximum atomic E-state index is 14.5. The molecule has 5 aliphatic rings. The summed E-state index contributed by atoms with van der Waals surface area (Å²) in [5.74, 6) is 0.210. The van der Waals surface area contributed by atoms with Crippen LogP contribution >= 0.6 is 0 Å². The number of hydrogen-bond acceptors (Lipinski definition) is 5. The first-order valence-electron chi connectivity index (χ1n) is 15.3. The first kappa shape index (κ1) is 28.8. The highest BCUT2D eigenvalue weighted by molar-refractivity contribution is 5.95. The first-order chi connectivity index (χ1) is 17.9. The van der Waals surface area contributed by atoms with Gasteiger partial charge in [0.1, 0.15) is 6.10 Å². The standard InChI is InChI=1S/C33H51NO5/c1-20(35)39-25-11-12-31(6)24(28(25,2)3)10-13-33(8)26(31)23(36)18-21-22-19-30(5,27(37)34(9)38)15-14-29(22,4)16-17-32(21,33)7/h18,22,24-26,38H,10-17,19H2,1-9H3/t22-,24?,25+,26+,29+,30-,31-,32+,33+/m0/s1. The minimum atomic E-state index is -0.629. The Labute approximate surface area is 235 Å². The van der Waals surface area contributed by atoms with Gasteiger partial charge in [-0.05, 0) is 97.4 Å². The van der Waals surface area contributed by atoms with E-state index in [-0.39, 0.29) is 62.7 Å². The van der Waals surface area contributed by atoms with Gasteiger partial charge in [0, 0.05) is 30.7 Å². The van der Waals surface area contributed by atoms with Crippen molar-refractivity contribution in [3.63, 3.8) is 0 Å². The highest BCUT2D eigenvalue weighted by Gasteiger charge is 2.70. The van der Waals surface area contributed by atoms with Crippen LogP contribution in [0.5, 0.6) is 0 Å². The Kier molecular flexibility index (Phi) is 6.40. The van der Waals surface area contributed by atoms with E-state index in [0.29, 0.717) is 12.3 Å². The lowest BCUT2D eigenvalue weighted by atomic mass is 9.33.